The van der Waals surface area contributed by atoms with E-state index < -0.39 is 5.82 Å². The molecule has 160 valence electrons. The topological polar surface area (TPSA) is 86.1 Å². The molecule has 0 aliphatic carbocycles. The molecule has 1 N–H and O–H groups in total. The first-order chi connectivity index (χ1) is 15.6. The second kappa shape index (κ2) is 7.84. The standard InChI is InChI=1S/C23H20FN7O/c1-25-16-9-14(10-17(11-16)26-2)19-4-5-20-22(28-19)31(18-7-8-30(20)13-18)23(32)29-21-6-3-15(24)12-27-21/h3-6,9-12,18H,1-2,7-8,13H2,(H,27,29,32)/t18-/m0/s1. The van der Waals surface area contributed by atoms with Gasteiger partial charge in [-0.05, 0) is 62.3 Å². The minimum absolute atomic E-state index is 0.0164. The maximum absolute atomic E-state index is 13.2. The van der Waals surface area contributed by atoms with E-state index in [-0.39, 0.29) is 17.9 Å². The van der Waals surface area contributed by atoms with E-state index in [9.17, 15) is 9.18 Å². The van der Waals surface area contributed by atoms with Crippen LogP contribution in [0.3, 0.4) is 0 Å². The average Bonchev–Trinajstić information content (AvgIpc) is 3.24. The molecular formula is C23H20FN7O. The number of fused-ring (bicyclic) bond motifs is 4. The molecule has 2 bridgehead atoms. The summed E-state index contributed by atoms with van der Waals surface area (Å²) in [6.07, 6.45) is 1.90. The number of anilines is 3. The molecule has 0 spiro atoms. The molecule has 0 unspecified atom stereocenters. The van der Waals surface area contributed by atoms with Gasteiger partial charge in [0.15, 0.2) is 5.82 Å². The van der Waals surface area contributed by atoms with E-state index in [0.29, 0.717) is 22.9 Å². The number of nitrogens with zero attached hydrogens (tertiary/aromatic N) is 6. The second-order valence-electron chi connectivity index (χ2n) is 7.64. The Morgan fingerprint density at radius 1 is 1.12 bits per heavy atom. The van der Waals surface area contributed by atoms with Gasteiger partial charge in [-0.25, -0.2) is 19.2 Å². The summed E-state index contributed by atoms with van der Waals surface area (Å²) in [5.41, 5.74) is 3.69. The minimum Gasteiger partial charge on any atom is -0.366 e. The van der Waals surface area contributed by atoms with Gasteiger partial charge >= 0.3 is 6.03 Å². The number of amides is 2. The van der Waals surface area contributed by atoms with Crippen molar-refractivity contribution >= 4 is 48.2 Å². The summed E-state index contributed by atoms with van der Waals surface area (Å²) >= 11 is 0. The van der Waals surface area contributed by atoms with Crippen molar-refractivity contribution < 1.29 is 9.18 Å². The van der Waals surface area contributed by atoms with Gasteiger partial charge in [-0.1, -0.05) is 0 Å². The van der Waals surface area contributed by atoms with Gasteiger partial charge in [0.1, 0.15) is 11.6 Å². The fourth-order valence-corrected chi connectivity index (χ4v) is 4.18. The van der Waals surface area contributed by atoms with Crippen molar-refractivity contribution in [1.82, 2.24) is 9.97 Å². The molecule has 1 aromatic carbocycles. The molecule has 1 fully saturated rings. The maximum atomic E-state index is 13.2. The van der Waals surface area contributed by atoms with Gasteiger partial charge in [0.2, 0.25) is 0 Å². The van der Waals surface area contributed by atoms with Gasteiger partial charge in [-0.15, -0.1) is 0 Å². The first-order valence-electron chi connectivity index (χ1n) is 10.1. The molecule has 2 aliphatic heterocycles. The summed E-state index contributed by atoms with van der Waals surface area (Å²) in [5, 5.41) is 2.76. The van der Waals surface area contributed by atoms with Gasteiger partial charge in [0.25, 0.3) is 0 Å². The lowest BCUT2D eigenvalue weighted by atomic mass is 10.1. The summed E-state index contributed by atoms with van der Waals surface area (Å²) in [6, 6.07) is 11.7. The van der Waals surface area contributed by atoms with Crippen LogP contribution in [-0.4, -0.2) is 48.6 Å². The van der Waals surface area contributed by atoms with Crippen LogP contribution in [0, 0.1) is 5.82 Å². The SMILES string of the molecule is C=Nc1cc(N=C)cc(-c2ccc3c(n2)N(C(=O)Nc2ccc(F)cn2)[C@H]2CCN3C2)c1. The van der Waals surface area contributed by atoms with Gasteiger partial charge in [-0.2, -0.15) is 0 Å². The molecule has 2 aliphatic rings. The Morgan fingerprint density at radius 2 is 1.91 bits per heavy atom. The molecule has 32 heavy (non-hydrogen) atoms. The number of halogens is 1. The van der Waals surface area contributed by atoms with E-state index >= 15 is 0 Å². The highest BCUT2D eigenvalue weighted by Gasteiger charge is 2.40. The molecule has 2 aromatic heterocycles. The number of pyridine rings is 2. The number of benzene rings is 1. The first kappa shape index (κ1) is 19.8. The molecular weight excluding hydrogens is 409 g/mol. The summed E-state index contributed by atoms with van der Waals surface area (Å²) in [4.78, 5) is 33.9. The predicted molar refractivity (Wildman–Crippen MR) is 124 cm³/mol. The Hall–Kier alpha value is -4.14. The van der Waals surface area contributed by atoms with Crippen LogP contribution in [0.4, 0.5) is 37.9 Å². The Balaban J connectivity index is 1.55. The van der Waals surface area contributed by atoms with Crippen LogP contribution in [0.2, 0.25) is 0 Å². The monoisotopic (exact) mass is 429 g/mol. The van der Waals surface area contributed by atoms with E-state index in [1.54, 1.807) is 11.0 Å². The van der Waals surface area contributed by atoms with Crippen LogP contribution >= 0.6 is 0 Å². The molecule has 9 heteroatoms. The van der Waals surface area contributed by atoms with Crippen LogP contribution in [-0.2, 0) is 0 Å². The van der Waals surface area contributed by atoms with E-state index in [1.165, 1.54) is 12.1 Å². The Morgan fingerprint density at radius 3 is 2.59 bits per heavy atom. The maximum Gasteiger partial charge on any atom is 0.329 e. The molecule has 4 heterocycles. The normalized spacial score (nSPS) is 16.5. The fraction of sp³-hybridized carbons (Fsp3) is 0.174. The number of aliphatic imine (C=N–C) groups is 2. The lowest BCUT2D eigenvalue weighted by Crippen LogP contribution is -2.48. The third-order valence-corrected chi connectivity index (χ3v) is 5.70. The first-order valence-corrected chi connectivity index (χ1v) is 10.1. The lowest BCUT2D eigenvalue weighted by Gasteiger charge is -2.35. The van der Waals surface area contributed by atoms with Crippen molar-refractivity contribution in [3.8, 4) is 11.3 Å². The number of rotatable bonds is 4. The summed E-state index contributed by atoms with van der Waals surface area (Å²) < 4.78 is 13.2. The number of nitrogens with one attached hydrogen (secondary N) is 1. The number of carbonyl (C=O) groups excluding carboxylic acids is 1. The van der Waals surface area contributed by atoms with Crippen LogP contribution in [0.1, 0.15) is 6.42 Å². The third-order valence-electron chi connectivity index (χ3n) is 5.70. The van der Waals surface area contributed by atoms with Crippen LogP contribution in [0.25, 0.3) is 11.3 Å². The quantitative estimate of drug-likeness (QED) is 0.615. The lowest BCUT2D eigenvalue weighted by molar-refractivity contribution is 0.254. The Bertz CT molecular complexity index is 1200. The van der Waals surface area contributed by atoms with Crippen molar-refractivity contribution in [3.63, 3.8) is 0 Å². The highest BCUT2D eigenvalue weighted by atomic mass is 19.1. The van der Waals surface area contributed by atoms with Gasteiger partial charge in [-0.3, -0.25) is 20.2 Å². The largest absolute Gasteiger partial charge is 0.366 e. The molecule has 1 saturated heterocycles. The molecule has 3 aromatic rings. The zero-order valence-corrected chi connectivity index (χ0v) is 17.2. The van der Waals surface area contributed by atoms with Gasteiger partial charge in [0, 0.05) is 18.7 Å². The van der Waals surface area contributed by atoms with E-state index in [1.807, 2.05) is 24.3 Å². The summed E-state index contributed by atoms with van der Waals surface area (Å²) in [7, 11) is 0. The van der Waals surface area contributed by atoms with E-state index in [0.717, 1.165) is 37.0 Å². The van der Waals surface area contributed by atoms with Crippen LogP contribution in [0.15, 0.2) is 58.6 Å². The molecule has 5 rings (SSSR count). The average molecular weight is 429 g/mol. The molecule has 0 saturated carbocycles. The number of urea groups is 1. The van der Waals surface area contributed by atoms with Crippen molar-refractivity contribution in [1.29, 1.82) is 0 Å². The summed E-state index contributed by atoms with van der Waals surface area (Å²) in [6.45, 7) is 8.76. The highest BCUT2D eigenvalue weighted by Crippen LogP contribution is 2.41. The van der Waals surface area contributed by atoms with Crippen molar-refractivity contribution in [3.05, 3.63) is 54.5 Å². The third kappa shape index (κ3) is 3.47. The van der Waals surface area contributed by atoms with Crippen LogP contribution in [0.5, 0.6) is 0 Å². The van der Waals surface area contributed by atoms with E-state index in [2.05, 4.69) is 38.6 Å². The zero-order valence-electron chi connectivity index (χ0n) is 17.2. The van der Waals surface area contributed by atoms with Crippen molar-refractivity contribution in [2.45, 2.75) is 12.5 Å². The zero-order chi connectivity index (χ0) is 22.2. The number of hydrogen-bond acceptors (Lipinski definition) is 6. The number of hydrogen-bond donors (Lipinski definition) is 1. The Kier molecular flexibility index (Phi) is 4.85. The van der Waals surface area contributed by atoms with E-state index in [4.69, 9.17) is 4.98 Å². The summed E-state index contributed by atoms with van der Waals surface area (Å²) in [5.74, 6) is 0.385. The minimum atomic E-state index is -0.464. The molecule has 8 nitrogen and oxygen atoms in total. The molecule has 2 amide bonds. The Labute approximate surface area is 184 Å². The number of aromatic nitrogens is 2. The fourth-order valence-electron chi connectivity index (χ4n) is 4.18. The van der Waals surface area contributed by atoms with Gasteiger partial charge in [0.05, 0.1) is 35.0 Å². The van der Waals surface area contributed by atoms with Crippen LogP contribution < -0.4 is 15.1 Å². The predicted octanol–water partition coefficient (Wildman–Crippen LogP) is 4.58. The molecule has 1 atom stereocenters. The highest BCUT2D eigenvalue weighted by molar-refractivity contribution is 6.04. The molecule has 0 radical (unpaired) electrons. The smallest absolute Gasteiger partial charge is 0.329 e. The van der Waals surface area contributed by atoms with Crippen molar-refractivity contribution in [2.24, 2.45) is 9.98 Å². The van der Waals surface area contributed by atoms with Gasteiger partial charge < -0.3 is 4.90 Å². The second-order valence-corrected chi connectivity index (χ2v) is 7.64. The van der Waals surface area contributed by atoms with Crippen molar-refractivity contribution in [2.75, 3.05) is 28.2 Å². The number of carbonyl (C=O) groups is 1.